The summed E-state index contributed by atoms with van der Waals surface area (Å²) in [4.78, 5) is 31.0. The zero-order valence-corrected chi connectivity index (χ0v) is 13.8. The smallest absolute Gasteiger partial charge is 0.253 e. The molecule has 1 aliphatic heterocycles. The lowest BCUT2D eigenvalue weighted by Gasteiger charge is -2.15. The van der Waals surface area contributed by atoms with Crippen LogP contribution in [0.5, 0.6) is 0 Å². The zero-order chi connectivity index (χ0) is 16.2. The molecule has 120 valence electrons. The fourth-order valence-corrected chi connectivity index (χ4v) is 3.42. The molecular weight excluding hydrogens is 310 g/mol. The Labute approximate surface area is 138 Å². The molecule has 6 heteroatoms. The maximum atomic E-state index is 12.3. The summed E-state index contributed by atoms with van der Waals surface area (Å²) in [6.07, 6.45) is 2.94. The molecule has 2 heterocycles. The second kappa shape index (κ2) is 6.91. The summed E-state index contributed by atoms with van der Waals surface area (Å²) >= 11 is 1.42. The number of thiazole rings is 1. The van der Waals surface area contributed by atoms with E-state index in [1.54, 1.807) is 4.90 Å². The van der Waals surface area contributed by atoms with Crippen molar-refractivity contribution in [3.8, 4) is 0 Å². The Bertz CT molecular complexity index is 763. The third-order valence-electron chi connectivity index (χ3n) is 4.04. The Morgan fingerprint density at radius 2 is 2.13 bits per heavy atom. The van der Waals surface area contributed by atoms with Crippen molar-refractivity contribution in [3.63, 3.8) is 0 Å². The van der Waals surface area contributed by atoms with Gasteiger partial charge in [-0.15, -0.1) is 11.3 Å². The normalized spacial score (nSPS) is 18.7. The average Bonchev–Trinajstić information content (AvgIpc) is 3.13. The van der Waals surface area contributed by atoms with Crippen molar-refractivity contribution in [2.24, 2.45) is 18.0 Å². The molecule has 1 atom stereocenters. The third-order valence-corrected chi connectivity index (χ3v) is 4.89. The van der Waals surface area contributed by atoms with Crippen LogP contribution in [0, 0.1) is 5.92 Å². The molecule has 0 radical (unpaired) electrons. The molecule has 3 rings (SSSR count). The third kappa shape index (κ3) is 3.76. The van der Waals surface area contributed by atoms with Crippen molar-refractivity contribution in [1.82, 2.24) is 9.47 Å². The van der Waals surface area contributed by atoms with Crippen molar-refractivity contribution in [1.29, 1.82) is 0 Å². The predicted molar refractivity (Wildman–Crippen MR) is 88.7 cm³/mol. The first kappa shape index (κ1) is 15.7. The van der Waals surface area contributed by atoms with Crippen LogP contribution in [-0.2, 0) is 23.1 Å². The minimum Gasteiger partial charge on any atom is -0.342 e. The largest absolute Gasteiger partial charge is 0.342 e. The summed E-state index contributed by atoms with van der Waals surface area (Å²) in [7, 11) is 1.86. The molecule has 0 N–H and O–H groups in total. The minimum atomic E-state index is -0.319. The molecule has 5 nitrogen and oxygen atoms in total. The van der Waals surface area contributed by atoms with E-state index in [9.17, 15) is 9.59 Å². The Morgan fingerprint density at radius 3 is 2.83 bits per heavy atom. The van der Waals surface area contributed by atoms with E-state index in [2.05, 4.69) is 17.1 Å². The van der Waals surface area contributed by atoms with Crippen molar-refractivity contribution in [2.45, 2.75) is 12.8 Å². The molecule has 0 aliphatic carbocycles. The summed E-state index contributed by atoms with van der Waals surface area (Å²) in [6, 6.07) is 10.1. The highest BCUT2D eigenvalue weighted by Gasteiger charge is 2.33. The summed E-state index contributed by atoms with van der Waals surface area (Å²) in [5, 5.41) is 1.89. The number of hydrogen-bond donors (Lipinski definition) is 0. The highest BCUT2D eigenvalue weighted by atomic mass is 32.1. The van der Waals surface area contributed by atoms with Crippen molar-refractivity contribution in [2.75, 3.05) is 13.1 Å². The maximum Gasteiger partial charge on any atom is 0.253 e. The standard InChI is InChI=1S/C17H19N3O2S/c1-19-9-10-23-17(19)18-16(22)14-11-15(21)20(12-14)8-7-13-5-3-2-4-6-13/h2-6,9-10,14H,7-8,11-12H2,1H3. The van der Waals surface area contributed by atoms with Gasteiger partial charge in [0.25, 0.3) is 5.91 Å². The van der Waals surface area contributed by atoms with Crippen LogP contribution in [0.3, 0.4) is 0 Å². The molecule has 2 amide bonds. The van der Waals surface area contributed by atoms with Crippen LogP contribution in [0.25, 0.3) is 0 Å². The molecule has 1 aromatic carbocycles. The monoisotopic (exact) mass is 329 g/mol. The fraction of sp³-hybridized carbons (Fsp3) is 0.353. The fourth-order valence-electron chi connectivity index (χ4n) is 2.68. The van der Waals surface area contributed by atoms with Crippen molar-refractivity contribution < 1.29 is 9.59 Å². The lowest BCUT2D eigenvalue weighted by Crippen LogP contribution is -2.28. The number of benzene rings is 1. The number of carbonyl (C=O) groups excluding carboxylic acids is 2. The van der Waals surface area contributed by atoms with Gasteiger partial charge in [-0.2, -0.15) is 4.99 Å². The highest BCUT2D eigenvalue weighted by Crippen LogP contribution is 2.19. The van der Waals surface area contributed by atoms with Gasteiger partial charge in [0.2, 0.25) is 5.91 Å². The summed E-state index contributed by atoms with van der Waals surface area (Å²) in [5.41, 5.74) is 1.20. The number of carbonyl (C=O) groups is 2. The van der Waals surface area contributed by atoms with E-state index in [0.29, 0.717) is 17.9 Å². The highest BCUT2D eigenvalue weighted by molar-refractivity contribution is 7.07. The van der Waals surface area contributed by atoms with Gasteiger partial charge in [0, 0.05) is 38.1 Å². The van der Waals surface area contributed by atoms with E-state index in [0.717, 1.165) is 6.42 Å². The minimum absolute atomic E-state index is 0.0463. The van der Waals surface area contributed by atoms with E-state index in [1.165, 1.54) is 16.9 Å². The van der Waals surface area contributed by atoms with Gasteiger partial charge >= 0.3 is 0 Å². The van der Waals surface area contributed by atoms with Crippen molar-refractivity contribution in [3.05, 3.63) is 52.3 Å². The second-order valence-electron chi connectivity index (χ2n) is 5.72. The number of amides is 2. The van der Waals surface area contributed by atoms with Gasteiger partial charge in [0.1, 0.15) is 0 Å². The van der Waals surface area contributed by atoms with Gasteiger partial charge < -0.3 is 9.47 Å². The number of likely N-dealkylation sites (tertiary alicyclic amines) is 1. The first-order valence-corrected chi connectivity index (χ1v) is 8.52. The Balaban J connectivity index is 1.61. The van der Waals surface area contributed by atoms with Crippen LogP contribution in [0.4, 0.5) is 0 Å². The van der Waals surface area contributed by atoms with Gasteiger partial charge in [-0.05, 0) is 12.0 Å². The van der Waals surface area contributed by atoms with E-state index in [4.69, 9.17) is 0 Å². The summed E-state index contributed by atoms with van der Waals surface area (Å²) in [5.74, 6) is -0.468. The number of nitrogens with zero attached hydrogens (tertiary/aromatic N) is 3. The molecule has 0 spiro atoms. The summed E-state index contributed by atoms with van der Waals surface area (Å²) in [6.45, 7) is 1.13. The van der Waals surface area contributed by atoms with Crippen molar-refractivity contribution >= 4 is 23.2 Å². The van der Waals surface area contributed by atoms with Crippen LogP contribution in [0.1, 0.15) is 12.0 Å². The van der Waals surface area contributed by atoms with Gasteiger partial charge in [-0.3, -0.25) is 9.59 Å². The topological polar surface area (TPSA) is 54.7 Å². The average molecular weight is 329 g/mol. The van der Waals surface area contributed by atoms with Crippen LogP contribution in [-0.4, -0.2) is 34.4 Å². The predicted octanol–water partition coefficient (Wildman–Crippen LogP) is 1.61. The first-order valence-electron chi connectivity index (χ1n) is 7.64. The number of rotatable bonds is 4. The van der Waals surface area contributed by atoms with E-state index < -0.39 is 0 Å². The van der Waals surface area contributed by atoms with Crippen LogP contribution < -0.4 is 4.80 Å². The van der Waals surface area contributed by atoms with Crippen LogP contribution in [0.2, 0.25) is 0 Å². The molecule has 1 aromatic heterocycles. The molecule has 23 heavy (non-hydrogen) atoms. The quantitative estimate of drug-likeness (QED) is 0.856. The second-order valence-corrected chi connectivity index (χ2v) is 6.60. The Hall–Kier alpha value is -2.21. The van der Waals surface area contributed by atoms with E-state index in [-0.39, 0.29) is 24.2 Å². The molecule has 2 aromatic rings. The number of hydrogen-bond acceptors (Lipinski definition) is 3. The van der Waals surface area contributed by atoms with Crippen LogP contribution in [0.15, 0.2) is 46.9 Å². The van der Waals surface area contributed by atoms with Gasteiger partial charge in [-0.25, -0.2) is 0 Å². The van der Waals surface area contributed by atoms with E-state index >= 15 is 0 Å². The van der Waals surface area contributed by atoms with Gasteiger partial charge in [0.15, 0.2) is 4.80 Å². The molecule has 1 aliphatic rings. The molecular formula is C17H19N3O2S. The van der Waals surface area contributed by atoms with Gasteiger partial charge in [0.05, 0.1) is 5.92 Å². The number of aromatic nitrogens is 1. The molecule has 1 unspecified atom stereocenters. The molecule has 1 fully saturated rings. The Kier molecular flexibility index (Phi) is 4.71. The lowest BCUT2D eigenvalue weighted by atomic mass is 10.1. The van der Waals surface area contributed by atoms with Gasteiger partial charge in [-0.1, -0.05) is 30.3 Å². The zero-order valence-electron chi connectivity index (χ0n) is 13.0. The molecule has 0 saturated carbocycles. The maximum absolute atomic E-state index is 12.3. The lowest BCUT2D eigenvalue weighted by molar-refractivity contribution is -0.128. The number of aryl methyl sites for hydroxylation is 1. The molecule has 1 saturated heterocycles. The van der Waals surface area contributed by atoms with Crippen LogP contribution >= 0.6 is 11.3 Å². The summed E-state index contributed by atoms with van der Waals surface area (Å²) < 4.78 is 1.81. The first-order chi connectivity index (χ1) is 11.1. The molecule has 0 bridgehead atoms. The SMILES string of the molecule is Cn1ccsc1=NC(=O)C1CC(=O)N(CCc2ccccc2)C1. The van der Waals surface area contributed by atoms with E-state index in [1.807, 2.05) is 41.4 Å². The Morgan fingerprint density at radius 1 is 1.35 bits per heavy atom.